The molecule has 1 amide bonds. The Morgan fingerprint density at radius 2 is 1.41 bits per heavy atom. The molecule has 0 aliphatic heterocycles. The molecule has 0 aliphatic carbocycles. The van der Waals surface area contributed by atoms with Crippen LogP contribution in [0.15, 0.2) is 91.0 Å². The Labute approximate surface area is 160 Å². The Morgan fingerprint density at radius 3 is 2.00 bits per heavy atom. The van der Waals surface area contributed by atoms with E-state index in [0.29, 0.717) is 0 Å². The molecule has 136 valence electrons. The van der Waals surface area contributed by atoms with Gasteiger partial charge in [0.25, 0.3) is 0 Å². The SMILES string of the molecule is COc1ccc(C(NC(=O)/C=C(/C)c2ccccc2)c2ccccc2)cc1. The molecule has 0 spiro atoms. The molecular formula is C24H23NO2. The maximum absolute atomic E-state index is 12.7. The van der Waals surface area contributed by atoms with Gasteiger partial charge in [-0.25, -0.2) is 0 Å². The highest BCUT2D eigenvalue weighted by molar-refractivity contribution is 5.95. The molecule has 0 radical (unpaired) electrons. The molecule has 0 bridgehead atoms. The van der Waals surface area contributed by atoms with E-state index in [-0.39, 0.29) is 11.9 Å². The lowest BCUT2D eigenvalue weighted by atomic mass is 9.98. The van der Waals surface area contributed by atoms with Crippen LogP contribution in [-0.4, -0.2) is 13.0 Å². The molecule has 0 aliphatic rings. The maximum atomic E-state index is 12.7. The number of rotatable bonds is 6. The summed E-state index contributed by atoms with van der Waals surface area (Å²) in [6.45, 7) is 1.94. The molecule has 1 unspecified atom stereocenters. The van der Waals surface area contributed by atoms with Crippen molar-refractivity contribution in [3.8, 4) is 5.75 Å². The third-order valence-corrected chi connectivity index (χ3v) is 4.45. The monoisotopic (exact) mass is 357 g/mol. The van der Waals surface area contributed by atoms with Crippen LogP contribution in [0.1, 0.15) is 29.7 Å². The van der Waals surface area contributed by atoms with E-state index in [1.165, 1.54) is 0 Å². The summed E-state index contributed by atoms with van der Waals surface area (Å²) in [5.41, 5.74) is 3.99. The molecule has 3 rings (SSSR count). The summed E-state index contributed by atoms with van der Waals surface area (Å²) in [5.74, 6) is 0.665. The van der Waals surface area contributed by atoms with Crippen molar-refractivity contribution in [3.05, 3.63) is 108 Å². The first-order valence-corrected chi connectivity index (χ1v) is 8.90. The molecule has 0 saturated carbocycles. The molecule has 3 aromatic carbocycles. The fourth-order valence-electron chi connectivity index (χ4n) is 2.97. The van der Waals surface area contributed by atoms with E-state index < -0.39 is 0 Å². The molecule has 1 N–H and O–H groups in total. The van der Waals surface area contributed by atoms with E-state index in [0.717, 1.165) is 28.0 Å². The molecule has 3 aromatic rings. The van der Waals surface area contributed by atoms with E-state index in [1.54, 1.807) is 13.2 Å². The minimum atomic E-state index is -0.232. The van der Waals surface area contributed by atoms with Crippen molar-refractivity contribution >= 4 is 11.5 Å². The first-order valence-electron chi connectivity index (χ1n) is 8.90. The Kier molecular flexibility index (Phi) is 6.06. The van der Waals surface area contributed by atoms with Crippen LogP contribution in [0.5, 0.6) is 5.75 Å². The van der Waals surface area contributed by atoms with Crippen LogP contribution in [0.4, 0.5) is 0 Å². The van der Waals surface area contributed by atoms with Crippen molar-refractivity contribution in [1.82, 2.24) is 5.32 Å². The van der Waals surface area contributed by atoms with Crippen LogP contribution in [-0.2, 0) is 4.79 Å². The summed E-state index contributed by atoms with van der Waals surface area (Å²) in [6, 6.07) is 27.4. The second kappa shape index (κ2) is 8.86. The molecule has 3 nitrogen and oxygen atoms in total. The van der Waals surface area contributed by atoms with Crippen LogP contribution < -0.4 is 10.1 Å². The summed E-state index contributed by atoms with van der Waals surface area (Å²) >= 11 is 0. The molecule has 0 aromatic heterocycles. The van der Waals surface area contributed by atoms with Crippen LogP contribution in [0.3, 0.4) is 0 Å². The fraction of sp³-hybridized carbons (Fsp3) is 0.125. The minimum Gasteiger partial charge on any atom is -0.497 e. The lowest BCUT2D eigenvalue weighted by Crippen LogP contribution is -2.27. The van der Waals surface area contributed by atoms with Gasteiger partial charge in [-0.05, 0) is 41.3 Å². The van der Waals surface area contributed by atoms with Crippen molar-refractivity contribution < 1.29 is 9.53 Å². The van der Waals surface area contributed by atoms with Gasteiger partial charge in [-0.3, -0.25) is 4.79 Å². The van der Waals surface area contributed by atoms with E-state index in [9.17, 15) is 4.79 Å². The third-order valence-electron chi connectivity index (χ3n) is 4.45. The van der Waals surface area contributed by atoms with Crippen LogP contribution in [0.25, 0.3) is 5.57 Å². The van der Waals surface area contributed by atoms with Crippen molar-refractivity contribution in [2.45, 2.75) is 13.0 Å². The molecule has 0 saturated heterocycles. The first-order chi connectivity index (χ1) is 13.2. The number of hydrogen-bond donors (Lipinski definition) is 1. The van der Waals surface area contributed by atoms with Gasteiger partial charge in [0.15, 0.2) is 0 Å². The van der Waals surface area contributed by atoms with Crippen molar-refractivity contribution in [2.24, 2.45) is 0 Å². The molecule has 27 heavy (non-hydrogen) atoms. The lowest BCUT2D eigenvalue weighted by Gasteiger charge is -2.19. The van der Waals surface area contributed by atoms with E-state index >= 15 is 0 Å². The van der Waals surface area contributed by atoms with E-state index in [1.807, 2.05) is 91.9 Å². The second-order valence-electron chi connectivity index (χ2n) is 6.32. The normalized spacial score (nSPS) is 12.3. The standard InChI is InChI=1S/C24H23NO2/c1-18(19-9-5-3-6-10-19)17-23(26)25-24(20-11-7-4-8-12-20)21-13-15-22(27-2)16-14-21/h3-17,24H,1-2H3,(H,25,26)/b18-17-. The Morgan fingerprint density at radius 1 is 0.852 bits per heavy atom. The molecule has 1 atom stereocenters. The highest BCUT2D eigenvalue weighted by Gasteiger charge is 2.16. The van der Waals surface area contributed by atoms with E-state index in [2.05, 4.69) is 5.32 Å². The lowest BCUT2D eigenvalue weighted by molar-refractivity contribution is -0.116. The number of amides is 1. The van der Waals surface area contributed by atoms with Crippen LogP contribution in [0, 0.1) is 0 Å². The summed E-state index contributed by atoms with van der Waals surface area (Å²) < 4.78 is 5.24. The van der Waals surface area contributed by atoms with Gasteiger partial charge in [0, 0.05) is 6.08 Å². The largest absolute Gasteiger partial charge is 0.497 e. The molecule has 0 heterocycles. The highest BCUT2D eigenvalue weighted by atomic mass is 16.5. The Bertz CT molecular complexity index is 900. The second-order valence-corrected chi connectivity index (χ2v) is 6.32. The Hall–Kier alpha value is -3.33. The summed E-state index contributed by atoms with van der Waals surface area (Å²) in [7, 11) is 1.64. The van der Waals surface area contributed by atoms with Gasteiger partial charge in [0.05, 0.1) is 13.2 Å². The first kappa shape index (κ1) is 18.5. The predicted octanol–water partition coefficient (Wildman–Crippen LogP) is 5.00. The molecular weight excluding hydrogens is 334 g/mol. The molecule has 3 heteroatoms. The summed E-state index contributed by atoms with van der Waals surface area (Å²) in [6.07, 6.45) is 1.65. The number of allylic oxidation sites excluding steroid dienone is 1. The van der Waals surface area contributed by atoms with Gasteiger partial charge in [-0.15, -0.1) is 0 Å². The summed E-state index contributed by atoms with van der Waals surface area (Å²) in [4.78, 5) is 12.7. The van der Waals surface area contributed by atoms with Crippen molar-refractivity contribution in [2.75, 3.05) is 7.11 Å². The average Bonchev–Trinajstić information content (AvgIpc) is 2.73. The van der Waals surface area contributed by atoms with Gasteiger partial charge >= 0.3 is 0 Å². The number of nitrogens with one attached hydrogen (secondary N) is 1. The van der Waals surface area contributed by atoms with Gasteiger partial charge in [0.1, 0.15) is 5.75 Å². The Balaban J connectivity index is 1.86. The van der Waals surface area contributed by atoms with Crippen molar-refractivity contribution in [1.29, 1.82) is 0 Å². The van der Waals surface area contributed by atoms with Crippen molar-refractivity contribution in [3.63, 3.8) is 0 Å². The number of carbonyl (C=O) groups is 1. The highest BCUT2D eigenvalue weighted by Crippen LogP contribution is 2.24. The zero-order valence-corrected chi connectivity index (χ0v) is 15.6. The maximum Gasteiger partial charge on any atom is 0.245 e. The minimum absolute atomic E-state index is 0.124. The number of ether oxygens (including phenoxy) is 1. The van der Waals surface area contributed by atoms with Crippen LogP contribution in [0.2, 0.25) is 0 Å². The number of carbonyl (C=O) groups excluding carboxylic acids is 1. The number of hydrogen-bond acceptors (Lipinski definition) is 2. The smallest absolute Gasteiger partial charge is 0.245 e. The van der Waals surface area contributed by atoms with Gasteiger partial charge in [-0.2, -0.15) is 0 Å². The fourth-order valence-corrected chi connectivity index (χ4v) is 2.97. The quantitative estimate of drug-likeness (QED) is 0.630. The van der Waals surface area contributed by atoms with Gasteiger partial charge < -0.3 is 10.1 Å². The number of benzene rings is 3. The molecule has 0 fully saturated rings. The third kappa shape index (κ3) is 4.85. The predicted molar refractivity (Wildman–Crippen MR) is 110 cm³/mol. The zero-order valence-electron chi connectivity index (χ0n) is 15.6. The zero-order chi connectivity index (χ0) is 19.1. The van der Waals surface area contributed by atoms with Gasteiger partial charge in [-0.1, -0.05) is 72.8 Å². The summed E-state index contributed by atoms with van der Waals surface area (Å²) in [5, 5.41) is 3.13. The topological polar surface area (TPSA) is 38.3 Å². The van der Waals surface area contributed by atoms with Crippen LogP contribution >= 0.6 is 0 Å². The van der Waals surface area contributed by atoms with E-state index in [4.69, 9.17) is 4.74 Å². The van der Waals surface area contributed by atoms with Gasteiger partial charge in [0.2, 0.25) is 5.91 Å². The number of methoxy groups -OCH3 is 1. The average molecular weight is 357 g/mol.